The Hall–Kier alpha value is -2.09. The maximum atomic E-state index is 9.91. The average Bonchev–Trinajstić information content (AvgIpc) is 2.08. The highest BCUT2D eigenvalue weighted by molar-refractivity contribution is 5.28. The molecule has 0 heterocycles. The summed E-state index contributed by atoms with van der Waals surface area (Å²) in [6.07, 6.45) is 0.290. The van der Waals surface area contributed by atoms with Crippen molar-refractivity contribution in [1.29, 1.82) is 5.26 Å². The Labute approximate surface area is 74.3 Å². The van der Waals surface area contributed by atoms with Gasteiger partial charge in [0.25, 0.3) is 5.09 Å². The van der Waals surface area contributed by atoms with E-state index in [4.69, 9.17) is 5.26 Å². The van der Waals surface area contributed by atoms with Crippen molar-refractivity contribution in [3.63, 3.8) is 0 Å². The van der Waals surface area contributed by atoms with Gasteiger partial charge in [-0.3, -0.25) is 4.84 Å². The molecule has 0 N–H and O–H groups in total. The van der Waals surface area contributed by atoms with Crippen LogP contribution in [0.4, 0.5) is 0 Å². The zero-order valence-electron chi connectivity index (χ0n) is 6.64. The Bertz CT molecular complexity index is 339. The van der Waals surface area contributed by atoms with Crippen LogP contribution in [0.1, 0.15) is 5.56 Å². The Morgan fingerprint density at radius 2 is 2.08 bits per heavy atom. The predicted octanol–water partition coefficient (Wildman–Crippen LogP) is 1.32. The van der Waals surface area contributed by atoms with E-state index in [1.807, 2.05) is 6.07 Å². The fraction of sp³-hybridized carbons (Fsp3) is 0.125. The van der Waals surface area contributed by atoms with Crippen LogP contribution in [0.25, 0.3) is 0 Å². The van der Waals surface area contributed by atoms with Crippen molar-refractivity contribution in [2.75, 3.05) is 0 Å². The van der Waals surface area contributed by atoms with Gasteiger partial charge in [-0.05, 0) is 17.7 Å². The maximum absolute atomic E-state index is 9.91. The summed E-state index contributed by atoms with van der Waals surface area (Å²) in [6.45, 7) is 0. The predicted molar refractivity (Wildman–Crippen MR) is 43.4 cm³/mol. The summed E-state index contributed by atoms with van der Waals surface area (Å²) >= 11 is 0. The van der Waals surface area contributed by atoms with Crippen LogP contribution in [0, 0.1) is 21.4 Å². The van der Waals surface area contributed by atoms with Crippen LogP contribution in [0.2, 0.25) is 0 Å². The molecule has 5 nitrogen and oxygen atoms in total. The van der Waals surface area contributed by atoms with E-state index < -0.39 is 5.09 Å². The molecule has 1 aromatic rings. The summed E-state index contributed by atoms with van der Waals surface area (Å²) in [5.41, 5.74) is 0.804. The second kappa shape index (κ2) is 4.07. The third-order valence-corrected chi connectivity index (χ3v) is 1.39. The molecule has 0 aromatic heterocycles. The lowest BCUT2D eigenvalue weighted by atomic mass is 10.2. The molecule has 0 fully saturated rings. The number of nitrogens with zero attached hydrogens (tertiary/aromatic N) is 2. The van der Waals surface area contributed by atoms with Crippen LogP contribution in [-0.4, -0.2) is 5.09 Å². The molecule has 0 saturated heterocycles. The van der Waals surface area contributed by atoms with Crippen LogP contribution >= 0.6 is 0 Å². The number of nitriles is 1. The fourth-order valence-electron chi connectivity index (χ4n) is 0.846. The van der Waals surface area contributed by atoms with Crippen molar-refractivity contribution in [3.8, 4) is 11.8 Å². The van der Waals surface area contributed by atoms with Crippen molar-refractivity contribution in [2.45, 2.75) is 6.42 Å². The lowest BCUT2D eigenvalue weighted by Crippen LogP contribution is -2.03. The van der Waals surface area contributed by atoms with Crippen molar-refractivity contribution in [1.82, 2.24) is 0 Å². The quantitative estimate of drug-likeness (QED) is 0.516. The van der Waals surface area contributed by atoms with Gasteiger partial charge in [0.1, 0.15) is 5.75 Å². The first kappa shape index (κ1) is 9.00. The molecule has 0 saturated carbocycles. The van der Waals surface area contributed by atoms with E-state index in [1.165, 1.54) is 12.1 Å². The molecular weight excluding hydrogens is 172 g/mol. The highest BCUT2D eigenvalue weighted by Gasteiger charge is 1.98. The van der Waals surface area contributed by atoms with E-state index in [0.29, 0.717) is 6.42 Å². The average molecular weight is 178 g/mol. The molecule has 66 valence electrons. The summed E-state index contributed by atoms with van der Waals surface area (Å²) in [4.78, 5) is 14.1. The standard InChI is InChI=1S/C8H6N2O3/c9-6-5-7-1-3-8(4-2-7)13-10(11)12/h1-4H,5H2. The summed E-state index contributed by atoms with van der Waals surface area (Å²) < 4.78 is 0. The molecule has 0 aliphatic carbocycles. The molecule has 0 spiro atoms. The second-order valence-electron chi connectivity index (χ2n) is 2.29. The zero-order chi connectivity index (χ0) is 9.68. The molecular formula is C8H6N2O3. The largest absolute Gasteiger partial charge is 0.299 e. The molecule has 0 unspecified atom stereocenters. The number of benzene rings is 1. The smallest absolute Gasteiger partial charge is 0.276 e. The van der Waals surface area contributed by atoms with E-state index >= 15 is 0 Å². The third kappa shape index (κ3) is 2.79. The van der Waals surface area contributed by atoms with Gasteiger partial charge in [0, 0.05) is 0 Å². The molecule has 1 aromatic carbocycles. The van der Waals surface area contributed by atoms with Crippen LogP contribution in [0.15, 0.2) is 24.3 Å². The van der Waals surface area contributed by atoms with Gasteiger partial charge >= 0.3 is 0 Å². The normalized spacial score (nSPS) is 8.85. The first-order valence-corrected chi connectivity index (χ1v) is 3.50. The first-order chi connectivity index (χ1) is 6.22. The van der Waals surface area contributed by atoms with Gasteiger partial charge in [0.05, 0.1) is 12.5 Å². The number of hydrogen-bond donors (Lipinski definition) is 0. The molecule has 5 heteroatoms. The zero-order valence-corrected chi connectivity index (χ0v) is 6.64. The second-order valence-corrected chi connectivity index (χ2v) is 2.29. The maximum Gasteiger partial charge on any atom is 0.299 e. The third-order valence-electron chi connectivity index (χ3n) is 1.39. The minimum atomic E-state index is -0.876. The molecule has 0 atom stereocenters. The van der Waals surface area contributed by atoms with E-state index in [1.54, 1.807) is 12.1 Å². The summed E-state index contributed by atoms with van der Waals surface area (Å²) in [6, 6.07) is 8.10. The Balaban J connectivity index is 2.70. The summed E-state index contributed by atoms with van der Waals surface area (Å²) in [7, 11) is 0. The summed E-state index contributed by atoms with van der Waals surface area (Å²) in [5.74, 6) is 0.159. The van der Waals surface area contributed by atoms with Crippen molar-refractivity contribution in [2.24, 2.45) is 0 Å². The van der Waals surface area contributed by atoms with E-state index in [9.17, 15) is 10.1 Å². The lowest BCUT2D eigenvalue weighted by molar-refractivity contribution is -0.711. The van der Waals surface area contributed by atoms with Crippen molar-refractivity contribution >= 4 is 0 Å². The molecule has 0 aliphatic heterocycles. The van der Waals surface area contributed by atoms with Gasteiger partial charge in [-0.2, -0.15) is 5.26 Å². The molecule has 1 rings (SSSR count). The molecule has 0 aliphatic rings. The van der Waals surface area contributed by atoms with Crippen LogP contribution in [0.5, 0.6) is 5.75 Å². The Morgan fingerprint density at radius 3 is 2.54 bits per heavy atom. The highest BCUT2D eigenvalue weighted by Crippen LogP contribution is 2.12. The van der Waals surface area contributed by atoms with Gasteiger partial charge in [0.2, 0.25) is 0 Å². The molecule has 0 radical (unpaired) electrons. The van der Waals surface area contributed by atoms with Gasteiger partial charge in [-0.1, -0.05) is 12.1 Å². The van der Waals surface area contributed by atoms with Gasteiger partial charge in [0.15, 0.2) is 0 Å². The van der Waals surface area contributed by atoms with Crippen molar-refractivity contribution in [3.05, 3.63) is 39.9 Å². The minimum absolute atomic E-state index is 0.159. The van der Waals surface area contributed by atoms with E-state index in [2.05, 4.69) is 4.84 Å². The van der Waals surface area contributed by atoms with Gasteiger partial charge in [-0.15, -0.1) is 10.1 Å². The van der Waals surface area contributed by atoms with Crippen LogP contribution in [-0.2, 0) is 6.42 Å². The Morgan fingerprint density at radius 1 is 1.46 bits per heavy atom. The van der Waals surface area contributed by atoms with Crippen LogP contribution in [0.3, 0.4) is 0 Å². The molecule has 0 bridgehead atoms. The fourth-order valence-corrected chi connectivity index (χ4v) is 0.846. The highest BCUT2D eigenvalue weighted by atomic mass is 17.0. The van der Waals surface area contributed by atoms with Gasteiger partial charge in [-0.25, -0.2) is 0 Å². The first-order valence-electron chi connectivity index (χ1n) is 3.50. The van der Waals surface area contributed by atoms with E-state index in [0.717, 1.165) is 5.56 Å². The minimum Gasteiger partial charge on any atom is -0.276 e. The Kier molecular flexibility index (Phi) is 2.82. The SMILES string of the molecule is N#CCc1ccc(O[N+](=O)[O-])cc1. The molecule has 13 heavy (non-hydrogen) atoms. The summed E-state index contributed by atoms with van der Waals surface area (Å²) in [5, 5.41) is 17.4. The van der Waals surface area contributed by atoms with Crippen LogP contribution < -0.4 is 4.84 Å². The topological polar surface area (TPSA) is 76.2 Å². The number of hydrogen-bond acceptors (Lipinski definition) is 4. The lowest BCUT2D eigenvalue weighted by Gasteiger charge is -1.98. The van der Waals surface area contributed by atoms with Gasteiger partial charge < -0.3 is 0 Å². The monoisotopic (exact) mass is 178 g/mol. The number of rotatable bonds is 3. The molecule has 0 amide bonds. The van der Waals surface area contributed by atoms with E-state index in [-0.39, 0.29) is 5.75 Å². The van der Waals surface area contributed by atoms with Crippen molar-refractivity contribution < 1.29 is 9.92 Å².